The van der Waals surface area contributed by atoms with Gasteiger partial charge in [-0.25, -0.2) is 0 Å². The molecule has 1 aliphatic rings. The van der Waals surface area contributed by atoms with Crippen molar-refractivity contribution in [2.75, 3.05) is 19.8 Å². The summed E-state index contributed by atoms with van der Waals surface area (Å²) in [4.78, 5) is 11.2. The second-order valence-electron chi connectivity index (χ2n) is 3.85. The fourth-order valence-corrected chi connectivity index (χ4v) is 1.59. The van der Waals surface area contributed by atoms with Crippen LogP contribution < -0.4 is 0 Å². The van der Waals surface area contributed by atoms with Gasteiger partial charge in [-0.05, 0) is 25.7 Å². The Morgan fingerprint density at radius 1 is 1.40 bits per heavy atom. The van der Waals surface area contributed by atoms with Gasteiger partial charge in [0.05, 0.1) is 6.10 Å². The topological polar surface area (TPSA) is 55.8 Å². The third-order valence-electron chi connectivity index (χ3n) is 2.49. The van der Waals surface area contributed by atoms with Crippen LogP contribution in [0.25, 0.3) is 0 Å². The zero-order valence-corrected chi connectivity index (χ0v) is 9.11. The van der Waals surface area contributed by atoms with Crippen molar-refractivity contribution in [3.05, 3.63) is 0 Å². The number of hydrogen-bond donors (Lipinski definition) is 1. The molecule has 0 aromatic carbocycles. The summed E-state index contributed by atoms with van der Waals surface area (Å²) in [6.45, 7) is 1.39. The Kier molecular flexibility index (Phi) is 6.36. The van der Waals surface area contributed by atoms with Crippen LogP contribution in [0.1, 0.15) is 38.5 Å². The number of carbonyl (C=O) groups is 1. The zero-order chi connectivity index (χ0) is 10.9. The molecule has 0 saturated carbocycles. The van der Waals surface area contributed by atoms with Gasteiger partial charge in [0.15, 0.2) is 0 Å². The summed E-state index contributed by atoms with van der Waals surface area (Å²) in [6, 6.07) is 0. The lowest BCUT2D eigenvalue weighted by atomic mass is 10.2. The first-order valence-corrected chi connectivity index (χ1v) is 5.71. The fourth-order valence-electron chi connectivity index (χ4n) is 1.59. The Balaban J connectivity index is 1.93. The second kappa shape index (κ2) is 7.65. The maximum absolute atomic E-state index is 11.2. The van der Waals surface area contributed by atoms with Gasteiger partial charge >= 0.3 is 5.97 Å². The molecular weight excluding hydrogens is 196 g/mol. The normalized spacial score (nSPS) is 20.5. The Hall–Kier alpha value is -0.610. The molecule has 0 amide bonds. The molecule has 4 nitrogen and oxygen atoms in total. The maximum atomic E-state index is 11.2. The number of hydrogen-bond acceptors (Lipinski definition) is 4. The number of ether oxygens (including phenoxy) is 2. The molecule has 0 radical (unpaired) electrons. The van der Waals surface area contributed by atoms with Crippen LogP contribution in [0.5, 0.6) is 0 Å². The largest absolute Gasteiger partial charge is 0.463 e. The molecule has 15 heavy (non-hydrogen) atoms. The highest BCUT2D eigenvalue weighted by molar-refractivity contribution is 5.69. The van der Waals surface area contributed by atoms with E-state index in [4.69, 9.17) is 14.6 Å². The summed E-state index contributed by atoms with van der Waals surface area (Å²) in [5.74, 6) is -0.150. The maximum Gasteiger partial charge on any atom is 0.305 e. The lowest BCUT2D eigenvalue weighted by Crippen LogP contribution is -2.17. The number of aliphatic hydroxyl groups excluding tert-OH is 1. The summed E-state index contributed by atoms with van der Waals surface area (Å²) in [5.41, 5.74) is 0. The average Bonchev–Trinajstić information content (AvgIpc) is 2.74. The molecule has 0 bridgehead atoms. The number of unbranched alkanes of at least 4 members (excludes halogenated alkanes) is 2. The van der Waals surface area contributed by atoms with Gasteiger partial charge in [-0.3, -0.25) is 4.79 Å². The molecule has 1 saturated heterocycles. The van der Waals surface area contributed by atoms with Crippen LogP contribution in [0.2, 0.25) is 0 Å². The lowest BCUT2D eigenvalue weighted by molar-refractivity contribution is -0.147. The van der Waals surface area contributed by atoms with Crippen molar-refractivity contribution >= 4 is 5.97 Å². The van der Waals surface area contributed by atoms with Crippen molar-refractivity contribution in [2.45, 2.75) is 44.6 Å². The predicted octanol–water partition coefficient (Wildman–Crippen LogP) is 1.26. The molecule has 0 aromatic heterocycles. The molecule has 1 rings (SSSR count). The molecule has 1 fully saturated rings. The number of esters is 1. The molecule has 0 aromatic rings. The molecule has 0 aliphatic carbocycles. The molecular formula is C11H20O4. The highest BCUT2D eigenvalue weighted by atomic mass is 16.6. The first kappa shape index (κ1) is 12.5. The van der Waals surface area contributed by atoms with E-state index in [-0.39, 0.29) is 18.7 Å². The van der Waals surface area contributed by atoms with Crippen LogP contribution in [0, 0.1) is 0 Å². The van der Waals surface area contributed by atoms with E-state index in [2.05, 4.69) is 0 Å². The van der Waals surface area contributed by atoms with E-state index in [9.17, 15) is 4.79 Å². The quantitative estimate of drug-likeness (QED) is 0.514. The van der Waals surface area contributed by atoms with E-state index < -0.39 is 0 Å². The van der Waals surface area contributed by atoms with E-state index in [0.29, 0.717) is 13.0 Å². The minimum Gasteiger partial charge on any atom is -0.463 e. The Bertz CT molecular complexity index is 175. The highest BCUT2D eigenvalue weighted by Crippen LogP contribution is 2.12. The molecule has 4 heteroatoms. The van der Waals surface area contributed by atoms with Gasteiger partial charge in [0, 0.05) is 19.6 Å². The molecule has 1 unspecified atom stereocenters. The van der Waals surface area contributed by atoms with Gasteiger partial charge in [-0.1, -0.05) is 6.42 Å². The zero-order valence-electron chi connectivity index (χ0n) is 9.11. The molecule has 1 aliphatic heterocycles. The summed E-state index contributed by atoms with van der Waals surface area (Å²) in [5, 5.41) is 8.55. The van der Waals surface area contributed by atoms with Crippen LogP contribution in [0.4, 0.5) is 0 Å². The number of rotatable bonds is 7. The van der Waals surface area contributed by atoms with Crippen LogP contribution >= 0.6 is 0 Å². The van der Waals surface area contributed by atoms with E-state index in [1.165, 1.54) is 0 Å². The average molecular weight is 216 g/mol. The van der Waals surface area contributed by atoms with Crippen LogP contribution in [0.15, 0.2) is 0 Å². The van der Waals surface area contributed by atoms with Crippen molar-refractivity contribution in [2.24, 2.45) is 0 Å². The Morgan fingerprint density at radius 2 is 2.27 bits per heavy atom. The third-order valence-corrected chi connectivity index (χ3v) is 2.49. The first-order valence-electron chi connectivity index (χ1n) is 5.71. The van der Waals surface area contributed by atoms with Gasteiger partial charge in [-0.15, -0.1) is 0 Å². The molecule has 1 N–H and O–H groups in total. The van der Waals surface area contributed by atoms with Crippen molar-refractivity contribution < 1.29 is 19.4 Å². The lowest BCUT2D eigenvalue weighted by Gasteiger charge is -2.09. The van der Waals surface area contributed by atoms with E-state index in [1.807, 2.05) is 0 Å². The first-order chi connectivity index (χ1) is 7.33. The highest BCUT2D eigenvalue weighted by Gasteiger charge is 2.17. The van der Waals surface area contributed by atoms with E-state index >= 15 is 0 Å². The Labute approximate surface area is 90.6 Å². The van der Waals surface area contributed by atoms with Crippen molar-refractivity contribution in [1.29, 1.82) is 0 Å². The third kappa shape index (κ3) is 5.74. The minimum absolute atomic E-state index is 0.117. The van der Waals surface area contributed by atoms with Gasteiger partial charge < -0.3 is 14.6 Å². The standard InChI is InChI=1S/C11H20O4/c12-7-3-1-2-6-11(13)15-9-10-5-4-8-14-10/h10,12H,1-9H2. The molecule has 88 valence electrons. The van der Waals surface area contributed by atoms with E-state index in [1.54, 1.807) is 0 Å². The van der Waals surface area contributed by atoms with E-state index in [0.717, 1.165) is 38.7 Å². The van der Waals surface area contributed by atoms with Crippen molar-refractivity contribution in [1.82, 2.24) is 0 Å². The number of aliphatic hydroxyl groups is 1. The second-order valence-corrected chi connectivity index (χ2v) is 3.85. The smallest absolute Gasteiger partial charge is 0.305 e. The van der Waals surface area contributed by atoms with Crippen LogP contribution in [-0.4, -0.2) is 37.0 Å². The summed E-state index contributed by atoms with van der Waals surface area (Å²) >= 11 is 0. The number of carbonyl (C=O) groups excluding carboxylic acids is 1. The van der Waals surface area contributed by atoms with Crippen molar-refractivity contribution in [3.63, 3.8) is 0 Å². The van der Waals surface area contributed by atoms with Gasteiger partial charge in [0.2, 0.25) is 0 Å². The van der Waals surface area contributed by atoms with Gasteiger partial charge in [0.1, 0.15) is 6.61 Å². The minimum atomic E-state index is -0.150. The predicted molar refractivity (Wildman–Crippen MR) is 55.5 cm³/mol. The summed E-state index contributed by atoms with van der Waals surface area (Å²) in [7, 11) is 0. The fraction of sp³-hybridized carbons (Fsp3) is 0.909. The molecule has 0 spiro atoms. The SMILES string of the molecule is O=C(CCCCCO)OCC1CCCO1. The monoisotopic (exact) mass is 216 g/mol. The van der Waals surface area contributed by atoms with Gasteiger partial charge in [-0.2, -0.15) is 0 Å². The summed E-state index contributed by atoms with van der Waals surface area (Å²) < 4.78 is 10.4. The van der Waals surface area contributed by atoms with Gasteiger partial charge in [0.25, 0.3) is 0 Å². The molecule has 1 heterocycles. The van der Waals surface area contributed by atoms with Crippen LogP contribution in [-0.2, 0) is 14.3 Å². The molecule has 1 atom stereocenters. The van der Waals surface area contributed by atoms with Crippen LogP contribution in [0.3, 0.4) is 0 Å². The van der Waals surface area contributed by atoms with Crippen molar-refractivity contribution in [3.8, 4) is 0 Å². The summed E-state index contributed by atoms with van der Waals surface area (Å²) in [6.07, 6.45) is 5.07. The Morgan fingerprint density at radius 3 is 2.93 bits per heavy atom.